The summed E-state index contributed by atoms with van der Waals surface area (Å²) in [5, 5.41) is 3.09. The van der Waals surface area contributed by atoms with Crippen LogP contribution in [-0.4, -0.2) is 17.1 Å². The molecule has 1 heterocycles. The maximum atomic E-state index is 13.5. The Hall–Kier alpha value is -2.76. The molecule has 1 aliphatic rings. The number of thioether (sulfide) groups is 1. The van der Waals surface area contributed by atoms with Crippen molar-refractivity contribution >= 4 is 40.9 Å². The predicted octanol–water partition coefficient (Wildman–Crippen LogP) is 5.30. The fourth-order valence-electron chi connectivity index (χ4n) is 3.60. The molecule has 3 aromatic rings. The molecule has 4 nitrogen and oxygen atoms in total. The van der Waals surface area contributed by atoms with Gasteiger partial charge < -0.3 is 10.2 Å². The molecule has 0 aliphatic carbocycles. The van der Waals surface area contributed by atoms with Crippen molar-refractivity contribution in [3.63, 3.8) is 0 Å². The van der Waals surface area contributed by atoms with Crippen molar-refractivity contribution in [3.05, 3.63) is 95.0 Å². The molecule has 1 N–H and O–H groups in total. The number of carbonyl (C=O) groups excluding carboxylic acids is 2. The van der Waals surface area contributed by atoms with Crippen molar-refractivity contribution in [1.29, 1.82) is 0 Å². The Morgan fingerprint density at radius 1 is 1.03 bits per heavy atom. The van der Waals surface area contributed by atoms with Gasteiger partial charge >= 0.3 is 0 Å². The number of para-hydroxylation sites is 1. The standard InChI is InChI=1S/C25H23ClN2O2S/c1-17(24(29)27-15-18-9-3-2-4-10-18)23-25(30)28(16-19-11-5-6-12-20(19)26)21-13-7-8-14-22(21)31-23/h2-14,17,23H,15-16H2,1H3,(H,27,29)/t17-,23-/m0/s1. The maximum Gasteiger partial charge on any atom is 0.241 e. The van der Waals surface area contributed by atoms with Gasteiger partial charge in [0.15, 0.2) is 0 Å². The third kappa shape index (κ3) is 4.78. The molecule has 1 aliphatic heterocycles. The van der Waals surface area contributed by atoms with Crippen LogP contribution in [0.4, 0.5) is 5.69 Å². The number of nitrogens with one attached hydrogen (secondary N) is 1. The van der Waals surface area contributed by atoms with E-state index in [4.69, 9.17) is 11.6 Å². The van der Waals surface area contributed by atoms with Gasteiger partial charge in [-0.25, -0.2) is 0 Å². The molecule has 0 radical (unpaired) electrons. The Morgan fingerprint density at radius 2 is 1.71 bits per heavy atom. The van der Waals surface area contributed by atoms with Gasteiger partial charge in [-0.2, -0.15) is 0 Å². The minimum absolute atomic E-state index is 0.0778. The molecule has 0 unspecified atom stereocenters. The summed E-state index contributed by atoms with van der Waals surface area (Å²) in [7, 11) is 0. The van der Waals surface area contributed by atoms with Crippen molar-refractivity contribution in [3.8, 4) is 0 Å². The van der Waals surface area contributed by atoms with E-state index in [2.05, 4.69) is 5.32 Å². The van der Waals surface area contributed by atoms with Gasteiger partial charge in [0, 0.05) is 16.5 Å². The van der Waals surface area contributed by atoms with E-state index in [1.165, 1.54) is 11.8 Å². The third-order valence-corrected chi connectivity index (χ3v) is 7.21. The lowest BCUT2D eigenvalue weighted by Crippen LogP contribution is -2.47. The van der Waals surface area contributed by atoms with E-state index >= 15 is 0 Å². The van der Waals surface area contributed by atoms with Crippen molar-refractivity contribution in [2.24, 2.45) is 5.92 Å². The zero-order chi connectivity index (χ0) is 21.8. The molecule has 4 rings (SSSR count). The van der Waals surface area contributed by atoms with Crippen molar-refractivity contribution in [2.75, 3.05) is 4.90 Å². The Bertz CT molecular complexity index is 1090. The van der Waals surface area contributed by atoms with E-state index in [0.717, 1.165) is 21.7 Å². The average molecular weight is 451 g/mol. The number of carbonyl (C=O) groups is 2. The minimum atomic E-state index is -0.506. The molecule has 0 spiro atoms. The van der Waals surface area contributed by atoms with Crippen LogP contribution in [0.5, 0.6) is 0 Å². The number of hydrogen-bond donors (Lipinski definition) is 1. The number of fused-ring (bicyclic) bond motifs is 1. The SMILES string of the molecule is C[C@H](C(=O)NCc1ccccc1)[C@@H]1Sc2ccccc2N(Cc2ccccc2Cl)C1=O. The monoisotopic (exact) mass is 450 g/mol. The number of halogens is 1. The molecule has 0 saturated heterocycles. The lowest BCUT2D eigenvalue weighted by molar-refractivity contribution is -0.128. The highest BCUT2D eigenvalue weighted by Gasteiger charge is 2.39. The molecular formula is C25H23ClN2O2S. The van der Waals surface area contributed by atoms with Gasteiger partial charge in [-0.15, -0.1) is 11.8 Å². The fourth-order valence-corrected chi connectivity index (χ4v) is 5.08. The normalized spacial score (nSPS) is 16.5. The first kappa shape index (κ1) is 21.5. The summed E-state index contributed by atoms with van der Waals surface area (Å²) in [4.78, 5) is 29.1. The third-order valence-electron chi connectivity index (χ3n) is 5.38. The number of anilines is 1. The van der Waals surface area contributed by atoms with Crippen LogP contribution in [0, 0.1) is 5.92 Å². The van der Waals surface area contributed by atoms with Crippen LogP contribution in [0.15, 0.2) is 83.8 Å². The number of benzene rings is 3. The number of nitrogens with zero attached hydrogens (tertiary/aromatic N) is 1. The van der Waals surface area contributed by atoms with Gasteiger partial charge in [0.2, 0.25) is 11.8 Å². The Balaban J connectivity index is 1.55. The summed E-state index contributed by atoms with van der Waals surface area (Å²) in [5.41, 5.74) is 2.75. The van der Waals surface area contributed by atoms with Crippen LogP contribution in [0.25, 0.3) is 0 Å². The lowest BCUT2D eigenvalue weighted by Gasteiger charge is -2.36. The second-order valence-corrected chi connectivity index (χ2v) is 9.10. The van der Waals surface area contributed by atoms with E-state index in [9.17, 15) is 9.59 Å². The Kier molecular flexibility index (Phi) is 6.64. The number of rotatable bonds is 6. The van der Waals surface area contributed by atoms with Gasteiger partial charge in [-0.3, -0.25) is 9.59 Å². The number of amides is 2. The van der Waals surface area contributed by atoms with Crippen LogP contribution in [0.1, 0.15) is 18.1 Å². The summed E-state index contributed by atoms with van der Waals surface area (Å²) in [6.07, 6.45) is 0. The largest absolute Gasteiger partial charge is 0.352 e. The summed E-state index contributed by atoms with van der Waals surface area (Å²) in [6, 6.07) is 25.1. The molecule has 6 heteroatoms. The number of hydrogen-bond acceptors (Lipinski definition) is 3. The minimum Gasteiger partial charge on any atom is -0.352 e. The van der Waals surface area contributed by atoms with E-state index < -0.39 is 11.2 Å². The molecule has 0 fully saturated rings. The van der Waals surface area contributed by atoms with Crippen LogP contribution in [0.3, 0.4) is 0 Å². The zero-order valence-corrected chi connectivity index (χ0v) is 18.7. The second kappa shape index (κ2) is 9.58. The van der Waals surface area contributed by atoms with E-state index in [1.54, 1.807) is 4.90 Å². The predicted molar refractivity (Wildman–Crippen MR) is 126 cm³/mol. The highest BCUT2D eigenvalue weighted by atomic mass is 35.5. The molecule has 158 valence electrons. The second-order valence-electron chi connectivity index (χ2n) is 7.51. The van der Waals surface area contributed by atoms with Gasteiger partial charge in [0.1, 0.15) is 5.25 Å². The highest BCUT2D eigenvalue weighted by Crippen LogP contribution is 2.42. The molecular weight excluding hydrogens is 428 g/mol. The van der Waals surface area contributed by atoms with Crippen molar-refractivity contribution in [1.82, 2.24) is 5.32 Å². The van der Waals surface area contributed by atoms with Crippen LogP contribution in [0.2, 0.25) is 5.02 Å². The fraction of sp³-hybridized carbons (Fsp3) is 0.200. The molecule has 3 aromatic carbocycles. The average Bonchev–Trinajstić information content (AvgIpc) is 2.80. The van der Waals surface area contributed by atoms with E-state index in [-0.39, 0.29) is 11.8 Å². The molecule has 0 bridgehead atoms. The summed E-state index contributed by atoms with van der Waals surface area (Å²) in [5.74, 6) is -0.693. The maximum absolute atomic E-state index is 13.5. The summed E-state index contributed by atoms with van der Waals surface area (Å²) >= 11 is 7.82. The first-order valence-corrected chi connectivity index (χ1v) is 11.4. The van der Waals surface area contributed by atoms with Crippen molar-refractivity contribution in [2.45, 2.75) is 30.2 Å². The first-order chi connectivity index (χ1) is 15.0. The van der Waals surface area contributed by atoms with Crippen LogP contribution in [-0.2, 0) is 22.7 Å². The van der Waals surface area contributed by atoms with Gasteiger partial charge in [-0.1, -0.05) is 79.2 Å². The van der Waals surface area contributed by atoms with Crippen molar-refractivity contribution < 1.29 is 9.59 Å². The molecule has 0 aromatic heterocycles. The molecule has 0 saturated carbocycles. The molecule has 2 atom stereocenters. The van der Waals surface area contributed by atoms with Crippen LogP contribution < -0.4 is 10.2 Å². The van der Waals surface area contributed by atoms with Crippen LogP contribution >= 0.6 is 23.4 Å². The highest BCUT2D eigenvalue weighted by molar-refractivity contribution is 8.01. The quantitative estimate of drug-likeness (QED) is 0.554. The van der Waals surface area contributed by atoms with Gasteiger partial charge in [0.25, 0.3) is 0 Å². The Morgan fingerprint density at radius 3 is 2.48 bits per heavy atom. The molecule has 31 heavy (non-hydrogen) atoms. The smallest absolute Gasteiger partial charge is 0.241 e. The first-order valence-electron chi connectivity index (χ1n) is 10.2. The summed E-state index contributed by atoms with van der Waals surface area (Å²) in [6.45, 7) is 2.62. The lowest BCUT2D eigenvalue weighted by atomic mass is 10.0. The Labute approximate surface area is 191 Å². The summed E-state index contributed by atoms with van der Waals surface area (Å²) < 4.78 is 0. The topological polar surface area (TPSA) is 49.4 Å². The molecule has 2 amide bonds. The van der Waals surface area contributed by atoms with Gasteiger partial charge in [-0.05, 0) is 29.3 Å². The van der Waals surface area contributed by atoms with Gasteiger partial charge in [0.05, 0.1) is 18.2 Å². The van der Waals surface area contributed by atoms with E-state index in [1.807, 2.05) is 85.8 Å². The van der Waals surface area contributed by atoms with E-state index in [0.29, 0.717) is 18.1 Å². The zero-order valence-electron chi connectivity index (χ0n) is 17.1.